The van der Waals surface area contributed by atoms with Crippen molar-refractivity contribution >= 4 is 5.91 Å². The summed E-state index contributed by atoms with van der Waals surface area (Å²) in [4.78, 5) is 16.0. The van der Waals surface area contributed by atoms with Gasteiger partial charge in [-0.25, -0.2) is 4.98 Å². The minimum absolute atomic E-state index is 0.0260. The van der Waals surface area contributed by atoms with Gasteiger partial charge in [-0.05, 0) is 38.8 Å². The van der Waals surface area contributed by atoms with Gasteiger partial charge in [-0.3, -0.25) is 4.79 Å². The van der Waals surface area contributed by atoms with Gasteiger partial charge in [-0.15, -0.1) is 0 Å². The van der Waals surface area contributed by atoms with Crippen LogP contribution in [0.1, 0.15) is 35.7 Å². The Balaban J connectivity index is 1.65. The van der Waals surface area contributed by atoms with E-state index in [9.17, 15) is 4.79 Å². The van der Waals surface area contributed by atoms with Crippen LogP contribution in [0.3, 0.4) is 0 Å². The second-order valence-electron chi connectivity index (χ2n) is 5.24. The molecule has 1 aromatic carbocycles. The van der Waals surface area contributed by atoms with Gasteiger partial charge in [-0.1, -0.05) is 18.2 Å². The van der Waals surface area contributed by atoms with Crippen molar-refractivity contribution in [2.45, 2.75) is 40.2 Å². The monoisotopic (exact) mass is 302 g/mol. The van der Waals surface area contributed by atoms with E-state index in [1.807, 2.05) is 45.0 Å². The minimum Gasteiger partial charge on any atom is -0.493 e. The molecule has 0 saturated heterocycles. The Labute approximate surface area is 130 Å². The lowest BCUT2D eigenvalue weighted by molar-refractivity contribution is -0.121. The summed E-state index contributed by atoms with van der Waals surface area (Å²) in [7, 11) is 0. The summed E-state index contributed by atoms with van der Waals surface area (Å²) in [5.41, 5.74) is 1.96. The maximum Gasteiger partial charge on any atom is 0.220 e. The third-order valence-electron chi connectivity index (χ3n) is 3.41. The normalized spacial score (nSPS) is 10.5. The fourth-order valence-corrected chi connectivity index (χ4v) is 2.01. The topological polar surface area (TPSA) is 64.4 Å². The van der Waals surface area contributed by atoms with Crippen molar-refractivity contribution < 1.29 is 13.9 Å². The molecule has 0 saturated carbocycles. The minimum atomic E-state index is -0.0260. The van der Waals surface area contributed by atoms with Crippen molar-refractivity contribution in [2.75, 3.05) is 6.61 Å². The van der Waals surface area contributed by atoms with E-state index >= 15 is 0 Å². The van der Waals surface area contributed by atoms with Gasteiger partial charge in [-0.2, -0.15) is 0 Å². The van der Waals surface area contributed by atoms with Gasteiger partial charge in [0.1, 0.15) is 11.5 Å². The third kappa shape index (κ3) is 4.62. The molecule has 1 N–H and O–H groups in total. The number of ether oxygens (including phenoxy) is 1. The van der Waals surface area contributed by atoms with Crippen LogP contribution in [0, 0.1) is 20.8 Å². The van der Waals surface area contributed by atoms with Crippen molar-refractivity contribution in [2.24, 2.45) is 0 Å². The molecule has 0 unspecified atom stereocenters. The van der Waals surface area contributed by atoms with E-state index in [0.717, 1.165) is 22.8 Å². The Morgan fingerprint density at radius 2 is 2.05 bits per heavy atom. The summed E-state index contributed by atoms with van der Waals surface area (Å²) in [6, 6.07) is 7.85. The molecule has 2 aromatic rings. The first-order valence-corrected chi connectivity index (χ1v) is 7.44. The molecule has 0 atom stereocenters. The Morgan fingerprint density at radius 3 is 2.73 bits per heavy atom. The first-order valence-electron chi connectivity index (χ1n) is 7.44. The van der Waals surface area contributed by atoms with Crippen LogP contribution in [0.15, 0.2) is 28.7 Å². The number of hydrogen-bond acceptors (Lipinski definition) is 4. The molecule has 118 valence electrons. The van der Waals surface area contributed by atoms with E-state index in [-0.39, 0.29) is 5.91 Å². The molecule has 1 amide bonds. The number of hydrogen-bond donors (Lipinski definition) is 1. The van der Waals surface area contributed by atoms with E-state index in [1.54, 1.807) is 0 Å². The molecule has 1 heterocycles. The van der Waals surface area contributed by atoms with Crippen molar-refractivity contribution in [1.29, 1.82) is 0 Å². The molecule has 0 spiro atoms. The van der Waals surface area contributed by atoms with Gasteiger partial charge < -0.3 is 14.5 Å². The maximum absolute atomic E-state index is 11.8. The molecule has 5 heteroatoms. The van der Waals surface area contributed by atoms with E-state index in [2.05, 4.69) is 10.3 Å². The number of nitrogens with one attached hydrogen (secondary N) is 1. The summed E-state index contributed by atoms with van der Waals surface area (Å²) in [5.74, 6) is 2.17. The van der Waals surface area contributed by atoms with Gasteiger partial charge >= 0.3 is 0 Å². The van der Waals surface area contributed by atoms with E-state index in [1.165, 1.54) is 0 Å². The standard InChI is InChI=1S/C17H22N2O3/c1-12-7-4-5-8-15(12)21-10-6-9-16(20)18-11-17-19-13(2)14(3)22-17/h4-5,7-8H,6,9-11H2,1-3H3,(H,18,20). The number of carbonyl (C=O) groups excluding carboxylic acids is 1. The van der Waals surface area contributed by atoms with Crippen molar-refractivity contribution in [3.8, 4) is 5.75 Å². The van der Waals surface area contributed by atoms with E-state index in [0.29, 0.717) is 31.9 Å². The zero-order valence-electron chi connectivity index (χ0n) is 13.3. The highest BCUT2D eigenvalue weighted by Crippen LogP contribution is 2.16. The average molecular weight is 302 g/mol. The Kier molecular flexibility index (Phi) is 5.58. The lowest BCUT2D eigenvalue weighted by Crippen LogP contribution is -2.23. The van der Waals surface area contributed by atoms with Crippen molar-refractivity contribution in [3.63, 3.8) is 0 Å². The second-order valence-corrected chi connectivity index (χ2v) is 5.24. The molecular weight excluding hydrogens is 280 g/mol. The molecule has 22 heavy (non-hydrogen) atoms. The number of rotatable bonds is 7. The summed E-state index contributed by atoms with van der Waals surface area (Å²) >= 11 is 0. The molecule has 1 aromatic heterocycles. The van der Waals surface area contributed by atoms with Crippen molar-refractivity contribution in [3.05, 3.63) is 47.2 Å². The third-order valence-corrected chi connectivity index (χ3v) is 3.41. The smallest absolute Gasteiger partial charge is 0.220 e. The van der Waals surface area contributed by atoms with Crippen LogP contribution in [0.25, 0.3) is 0 Å². The number of oxazole rings is 1. The summed E-state index contributed by atoms with van der Waals surface area (Å²) in [6.07, 6.45) is 1.09. The van der Waals surface area contributed by atoms with Crippen LogP contribution < -0.4 is 10.1 Å². The predicted molar refractivity (Wildman–Crippen MR) is 83.7 cm³/mol. The molecule has 0 aliphatic carbocycles. The van der Waals surface area contributed by atoms with Crippen LogP contribution in [0.4, 0.5) is 0 Å². The predicted octanol–water partition coefficient (Wildman–Crippen LogP) is 3.08. The fourth-order valence-electron chi connectivity index (χ4n) is 2.01. The van der Waals surface area contributed by atoms with Gasteiger partial charge in [0.15, 0.2) is 0 Å². The maximum atomic E-state index is 11.8. The molecule has 0 aliphatic heterocycles. The van der Waals surface area contributed by atoms with Crippen LogP contribution in [-0.2, 0) is 11.3 Å². The average Bonchev–Trinajstić information content (AvgIpc) is 2.82. The quantitative estimate of drug-likeness (QED) is 0.798. The van der Waals surface area contributed by atoms with Gasteiger partial charge in [0.2, 0.25) is 11.8 Å². The fraction of sp³-hybridized carbons (Fsp3) is 0.412. The molecule has 5 nitrogen and oxygen atoms in total. The molecular formula is C17H22N2O3. The highest BCUT2D eigenvalue weighted by molar-refractivity contribution is 5.75. The van der Waals surface area contributed by atoms with Gasteiger partial charge in [0.25, 0.3) is 0 Å². The molecule has 0 bridgehead atoms. The number of aromatic nitrogens is 1. The van der Waals surface area contributed by atoms with E-state index < -0.39 is 0 Å². The number of benzene rings is 1. The summed E-state index contributed by atoms with van der Waals surface area (Å²) in [5, 5.41) is 2.80. The van der Waals surface area contributed by atoms with Crippen LogP contribution >= 0.6 is 0 Å². The summed E-state index contributed by atoms with van der Waals surface area (Å²) in [6.45, 7) is 6.59. The molecule has 0 radical (unpaired) electrons. The first kappa shape index (κ1) is 16.1. The number of para-hydroxylation sites is 1. The SMILES string of the molecule is Cc1ccccc1OCCCC(=O)NCc1nc(C)c(C)o1. The highest BCUT2D eigenvalue weighted by atomic mass is 16.5. The largest absolute Gasteiger partial charge is 0.493 e. The molecule has 0 aliphatic rings. The Morgan fingerprint density at radius 1 is 1.27 bits per heavy atom. The van der Waals surface area contributed by atoms with Gasteiger partial charge in [0, 0.05) is 6.42 Å². The molecule has 2 rings (SSSR count). The van der Waals surface area contributed by atoms with Crippen LogP contribution in [0.2, 0.25) is 0 Å². The first-order chi connectivity index (χ1) is 10.6. The van der Waals surface area contributed by atoms with Gasteiger partial charge in [0.05, 0.1) is 18.8 Å². The second kappa shape index (κ2) is 7.64. The number of amides is 1. The lowest BCUT2D eigenvalue weighted by Gasteiger charge is -2.08. The van der Waals surface area contributed by atoms with Crippen LogP contribution in [0.5, 0.6) is 5.75 Å². The Bertz CT molecular complexity index is 615. The number of carbonyl (C=O) groups is 1. The number of nitrogens with zero attached hydrogens (tertiary/aromatic N) is 1. The molecule has 0 fully saturated rings. The highest BCUT2D eigenvalue weighted by Gasteiger charge is 2.07. The summed E-state index contributed by atoms with van der Waals surface area (Å²) < 4.78 is 11.1. The zero-order chi connectivity index (χ0) is 15.9. The zero-order valence-corrected chi connectivity index (χ0v) is 13.3. The van der Waals surface area contributed by atoms with Crippen LogP contribution in [-0.4, -0.2) is 17.5 Å². The Hall–Kier alpha value is -2.30. The number of aryl methyl sites for hydroxylation is 3. The lowest BCUT2D eigenvalue weighted by atomic mass is 10.2. The van der Waals surface area contributed by atoms with E-state index in [4.69, 9.17) is 9.15 Å². The van der Waals surface area contributed by atoms with Crippen molar-refractivity contribution in [1.82, 2.24) is 10.3 Å².